The molecule has 6 nitrogen and oxygen atoms in total. The number of piperidine rings is 1. The summed E-state index contributed by atoms with van der Waals surface area (Å²) >= 11 is 0. The van der Waals surface area contributed by atoms with E-state index in [1.165, 1.54) is 7.11 Å². The molecule has 1 N–H and O–H groups in total. The molecule has 0 atom stereocenters. The van der Waals surface area contributed by atoms with Crippen LogP contribution in [0, 0.1) is 19.3 Å². The monoisotopic (exact) mass is 381 g/mol. The SMILES string of the molecule is COC(=O)C1CCN(C(=O)C2=CC(NC(=O)c3ccc(C)cc3)=C[CH]C2)CC1. The van der Waals surface area contributed by atoms with Crippen molar-refractivity contribution in [3.63, 3.8) is 0 Å². The number of carbonyl (C=O) groups is 3. The van der Waals surface area contributed by atoms with Gasteiger partial charge < -0.3 is 15.0 Å². The maximum atomic E-state index is 12.8. The van der Waals surface area contributed by atoms with E-state index in [-0.39, 0.29) is 23.7 Å². The molecule has 1 heterocycles. The first-order valence-corrected chi connectivity index (χ1v) is 9.47. The molecule has 0 spiro atoms. The summed E-state index contributed by atoms with van der Waals surface area (Å²) < 4.78 is 4.79. The molecule has 0 bridgehead atoms. The normalized spacial score (nSPS) is 17.4. The zero-order valence-electron chi connectivity index (χ0n) is 16.2. The molecule has 3 rings (SSSR count). The van der Waals surface area contributed by atoms with Gasteiger partial charge >= 0.3 is 5.97 Å². The van der Waals surface area contributed by atoms with Gasteiger partial charge in [-0.1, -0.05) is 23.8 Å². The van der Waals surface area contributed by atoms with Crippen molar-refractivity contribution in [1.82, 2.24) is 10.2 Å². The number of nitrogens with one attached hydrogen (secondary N) is 1. The van der Waals surface area contributed by atoms with Gasteiger partial charge in [-0.25, -0.2) is 0 Å². The fourth-order valence-electron chi connectivity index (χ4n) is 3.43. The highest BCUT2D eigenvalue weighted by Gasteiger charge is 2.29. The number of aryl methyl sites for hydroxylation is 1. The zero-order chi connectivity index (χ0) is 20.1. The molecular formula is C22H25N2O4. The fraction of sp³-hybridized carbons (Fsp3) is 0.364. The van der Waals surface area contributed by atoms with E-state index in [2.05, 4.69) is 5.32 Å². The lowest BCUT2D eigenvalue weighted by Gasteiger charge is -2.31. The van der Waals surface area contributed by atoms with E-state index in [1.54, 1.807) is 23.1 Å². The Morgan fingerprint density at radius 1 is 1.11 bits per heavy atom. The highest BCUT2D eigenvalue weighted by molar-refractivity contribution is 5.97. The van der Waals surface area contributed by atoms with E-state index < -0.39 is 0 Å². The number of amides is 2. The van der Waals surface area contributed by atoms with Gasteiger partial charge in [0, 0.05) is 29.9 Å². The topological polar surface area (TPSA) is 75.7 Å². The molecule has 1 aromatic rings. The van der Waals surface area contributed by atoms with Crippen molar-refractivity contribution >= 4 is 17.8 Å². The molecule has 1 aliphatic carbocycles. The number of carbonyl (C=O) groups excluding carboxylic acids is 3. The Morgan fingerprint density at radius 2 is 1.79 bits per heavy atom. The Kier molecular flexibility index (Phi) is 6.29. The van der Waals surface area contributed by atoms with Crippen LogP contribution in [-0.4, -0.2) is 42.9 Å². The number of nitrogens with zero attached hydrogens (tertiary/aromatic N) is 1. The highest BCUT2D eigenvalue weighted by atomic mass is 16.5. The van der Waals surface area contributed by atoms with Crippen LogP contribution in [0.25, 0.3) is 0 Å². The Hall–Kier alpha value is -2.89. The van der Waals surface area contributed by atoms with Crippen LogP contribution in [0.4, 0.5) is 0 Å². The third kappa shape index (κ3) is 4.68. The molecule has 2 amide bonds. The Balaban J connectivity index is 1.60. The Morgan fingerprint density at radius 3 is 2.43 bits per heavy atom. The predicted octanol–water partition coefficient (Wildman–Crippen LogP) is 2.55. The summed E-state index contributed by atoms with van der Waals surface area (Å²) in [5.74, 6) is -0.593. The minimum absolute atomic E-state index is 0.0465. The second-order valence-corrected chi connectivity index (χ2v) is 7.14. The van der Waals surface area contributed by atoms with E-state index in [1.807, 2.05) is 31.6 Å². The van der Waals surface area contributed by atoms with Crippen molar-refractivity contribution in [3.8, 4) is 0 Å². The van der Waals surface area contributed by atoms with Crippen LogP contribution >= 0.6 is 0 Å². The van der Waals surface area contributed by atoms with Crippen molar-refractivity contribution in [2.45, 2.75) is 26.2 Å². The van der Waals surface area contributed by atoms with Gasteiger partial charge in [-0.15, -0.1) is 0 Å². The van der Waals surface area contributed by atoms with Crippen LogP contribution in [0.1, 0.15) is 35.2 Å². The van der Waals surface area contributed by atoms with Gasteiger partial charge in [-0.3, -0.25) is 14.4 Å². The third-order valence-electron chi connectivity index (χ3n) is 5.13. The first kappa shape index (κ1) is 19.9. The minimum Gasteiger partial charge on any atom is -0.469 e. The van der Waals surface area contributed by atoms with Gasteiger partial charge in [-0.05, 0) is 50.8 Å². The molecule has 1 aliphatic heterocycles. The molecule has 28 heavy (non-hydrogen) atoms. The number of hydrogen-bond acceptors (Lipinski definition) is 4. The Bertz CT molecular complexity index is 815. The van der Waals surface area contributed by atoms with Crippen molar-refractivity contribution in [2.75, 3.05) is 20.2 Å². The van der Waals surface area contributed by atoms with E-state index in [0.717, 1.165) is 5.56 Å². The predicted molar refractivity (Wildman–Crippen MR) is 105 cm³/mol. The molecule has 1 fully saturated rings. The molecule has 2 aliphatic rings. The summed E-state index contributed by atoms with van der Waals surface area (Å²) in [6.07, 6.45) is 7.18. The summed E-state index contributed by atoms with van der Waals surface area (Å²) in [7, 11) is 1.39. The van der Waals surface area contributed by atoms with Crippen LogP contribution < -0.4 is 5.32 Å². The standard InChI is InChI=1S/C22H25N2O4/c1-15-6-8-16(9-7-15)20(25)23-19-5-3-4-18(14-19)21(26)24-12-10-17(11-13-24)22(27)28-2/h3,5-9,14,17H,4,10-13H2,1-2H3,(H,23,25). The van der Waals surface area contributed by atoms with E-state index in [0.29, 0.717) is 49.2 Å². The quantitative estimate of drug-likeness (QED) is 0.814. The highest BCUT2D eigenvalue weighted by Crippen LogP contribution is 2.23. The molecule has 1 aromatic carbocycles. The van der Waals surface area contributed by atoms with Gasteiger partial charge in [0.05, 0.1) is 13.0 Å². The molecule has 1 radical (unpaired) electrons. The van der Waals surface area contributed by atoms with E-state index >= 15 is 0 Å². The summed E-state index contributed by atoms with van der Waals surface area (Å²) in [6.45, 7) is 3.03. The zero-order valence-corrected chi connectivity index (χ0v) is 16.2. The van der Waals surface area contributed by atoms with Crippen LogP contribution in [0.5, 0.6) is 0 Å². The van der Waals surface area contributed by atoms with Gasteiger partial charge in [0.15, 0.2) is 0 Å². The largest absolute Gasteiger partial charge is 0.469 e. The van der Waals surface area contributed by atoms with Crippen molar-refractivity contribution in [1.29, 1.82) is 0 Å². The number of esters is 1. The molecule has 6 heteroatoms. The number of methoxy groups -OCH3 is 1. The number of ether oxygens (including phenoxy) is 1. The maximum Gasteiger partial charge on any atom is 0.308 e. The van der Waals surface area contributed by atoms with Crippen molar-refractivity contribution in [2.24, 2.45) is 5.92 Å². The average molecular weight is 381 g/mol. The van der Waals surface area contributed by atoms with Crippen LogP contribution in [-0.2, 0) is 14.3 Å². The second kappa shape index (κ2) is 8.87. The van der Waals surface area contributed by atoms with Crippen LogP contribution in [0.2, 0.25) is 0 Å². The molecule has 0 saturated carbocycles. The first-order chi connectivity index (χ1) is 13.5. The van der Waals surface area contributed by atoms with Gasteiger partial charge in [0.1, 0.15) is 0 Å². The van der Waals surface area contributed by atoms with Crippen LogP contribution in [0.15, 0.2) is 47.7 Å². The average Bonchev–Trinajstić information content (AvgIpc) is 2.73. The third-order valence-corrected chi connectivity index (χ3v) is 5.13. The molecule has 0 unspecified atom stereocenters. The summed E-state index contributed by atoms with van der Waals surface area (Å²) in [5, 5.41) is 2.85. The molecule has 1 saturated heterocycles. The smallest absolute Gasteiger partial charge is 0.308 e. The van der Waals surface area contributed by atoms with E-state index in [4.69, 9.17) is 4.74 Å². The molecule has 0 aromatic heterocycles. The lowest BCUT2D eigenvalue weighted by atomic mass is 9.95. The Labute approximate surface area is 165 Å². The lowest BCUT2D eigenvalue weighted by Crippen LogP contribution is -2.41. The molecule has 147 valence electrons. The number of benzene rings is 1. The van der Waals surface area contributed by atoms with Gasteiger partial charge in [0.25, 0.3) is 5.91 Å². The number of allylic oxidation sites excluding steroid dienone is 2. The summed E-state index contributed by atoms with van der Waals surface area (Å²) in [6, 6.07) is 7.33. The van der Waals surface area contributed by atoms with Gasteiger partial charge in [-0.2, -0.15) is 0 Å². The maximum absolute atomic E-state index is 12.8. The number of hydrogen-bond donors (Lipinski definition) is 1. The lowest BCUT2D eigenvalue weighted by molar-refractivity contribution is -0.148. The van der Waals surface area contributed by atoms with Crippen LogP contribution in [0.3, 0.4) is 0 Å². The first-order valence-electron chi connectivity index (χ1n) is 9.47. The number of likely N-dealkylation sites (tertiary alicyclic amines) is 1. The minimum atomic E-state index is -0.207. The van der Waals surface area contributed by atoms with Crippen molar-refractivity contribution < 1.29 is 19.1 Å². The van der Waals surface area contributed by atoms with Crippen molar-refractivity contribution in [3.05, 3.63) is 65.2 Å². The fourth-order valence-corrected chi connectivity index (χ4v) is 3.43. The summed E-state index contributed by atoms with van der Waals surface area (Å²) in [5.41, 5.74) is 2.90. The van der Waals surface area contributed by atoms with Gasteiger partial charge in [0.2, 0.25) is 5.91 Å². The molecular weight excluding hydrogens is 356 g/mol. The summed E-state index contributed by atoms with van der Waals surface area (Å²) in [4.78, 5) is 38.6. The number of rotatable bonds is 4. The van der Waals surface area contributed by atoms with E-state index in [9.17, 15) is 14.4 Å². The second-order valence-electron chi connectivity index (χ2n) is 7.14.